The normalized spacial score (nSPS) is 36.1. The van der Waals surface area contributed by atoms with Crippen LogP contribution in [-0.2, 0) is 4.74 Å². The van der Waals surface area contributed by atoms with E-state index in [1.54, 1.807) is 0 Å². The Kier molecular flexibility index (Phi) is 3.24. The van der Waals surface area contributed by atoms with Crippen LogP contribution in [0.4, 0.5) is 4.79 Å². The summed E-state index contributed by atoms with van der Waals surface area (Å²) in [6.45, 7) is 6.22. The highest BCUT2D eigenvalue weighted by molar-refractivity contribution is 5.74. The lowest BCUT2D eigenvalue weighted by Crippen LogP contribution is -2.70. The lowest BCUT2D eigenvalue weighted by Gasteiger charge is -2.59. The predicted molar refractivity (Wildman–Crippen MR) is 73.9 cm³/mol. The summed E-state index contributed by atoms with van der Waals surface area (Å²) in [5.74, 6) is 1.26. The van der Waals surface area contributed by atoms with E-state index in [1.807, 2.05) is 11.9 Å². The van der Waals surface area contributed by atoms with Gasteiger partial charge < -0.3 is 15.0 Å². The summed E-state index contributed by atoms with van der Waals surface area (Å²) in [4.78, 5) is 14.1. The Bertz CT molecular complexity index is 365. The van der Waals surface area contributed by atoms with Gasteiger partial charge in [0.25, 0.3) is 0 Å². The first-order valence-corrected chi connectivity index (χ1v) is 7.63. The lowest BCUT2D eigenvalue weighted by molar-refractivity contribution is -0.189. The summed E-state index contributed by atoms with van der Waals surface area (Å²) >= 11 is 0. The topological polar surface area (TPSA) is 41.6 Å². The zero-order valence-corrected chi connectivity index (χ0v) is 12.3. The third kappa shape index (κ3) is 2.35. The van der Waals surface area contributed by atoms with Crippen molar-refractivity contribution in [2.45, 2.75) is 51.7 Å². The van der Waals surface area contributed by atoms with Crippen LogP contribution in [0.1, 0.15) is 39.5 Å². The largest absolute Gasteiger partial charge is 0.377 e. The number of hydrogen-bond donors (Lipinski definition) is 1. The van der Waals surface area contributed by atoms with E-state index in [4.69, 9.17) is 4.74 Å². The highest BCUT2D eigenvalue weighted by Crippen LogP contribution is 2.51. The Labute approximate surface area is 115 Å². The van der Waals surface area contributed by atoms with Crippen LogP contribution < -0.4 is 5.32 Å². The first-order valence-electron chi connectivity index (χ1n) is 7.63. The van der Waals surface area contributed by atoms with Crippen molar-refractivity contribution < 1.29 is 9.53 Å². The molecule has 1 aliphatic heterocycles. The molecule has 1 heterocycles. The van der Waals surface area contributed by atoms with E-state index in [9.17, 15) is 4.79 Å². The van der Waals surface area contributed by atoms with E-state index in [0.717, 1.165) is 25.5 Å². The molecule has 0 unspecified atom stereocenters. The van der Waals surface area contributed by atoms with E-state index >= 15 is 0 Å². The third-order valence-electron chi connectivity index (χ3n) is 5.19. The summed E-state index contributed by atoms with van der Waals surface area (Å²) < 4.78 is 5.87. The molecule has 2 aliphatic carbocycles. The van der Waals surface area contributed by atoms with Gasteiger partial charge in [-0.3, -0.25) is 0 Å². The average molecular weight is 266 g/mol. The van der Waals surface area contributed by atoms with Gasteiger partial charge in [0.05, 0.1) is 6.10 Å². The van der Waals surface area contributed by atoms with E-state index < -0.39 is 0 Å². The van der Waals surface area contributed by atoms with Crippen LogP contribution in [0, 0.1) is 17.3 Å². The SMILES string of the molecule is CN(CC1CC1)C(=O)N[C@@H]1[C@H]2CCCO[C@H]2C1(C)C. The second-order valence-corrected chi connectivity index (χ2v) is 7.17. The molecule has 0 aromatic carbocycles. The Morgan fingerprint density at radius 3 is 2.79 bits per heavy atom. The minimum Gasteiger partial charge on any atom is -0.377 e. The number of ether oxygens (including phenoxy) is 1. The number of urea groups is 1. The molecule has 1 N–H and O–H groups in total. The average Bonchev–Trinajstić information content (AvgIpc) is 3.19. The number of carbonyl (C=O) groups is 1. The summed E-state index contributed by atoms with van der Waals surface area (Å²) in [5.41, 5.74) is 0.0706. The second-order valence-electron chi connectivity index (χ2n) is 7.17. The number of hydrogen-bond acceptors (Lipinski definition) is 2. The van der Waals surface area contributed by atoms with Crippen molar-refractivity contribution in [2.75, 3.05) is 20.2 Å². The van der Waals surface area contributed by atoms with Crippen LogP contribution in [0.15, 0.2) is 0 Å². The smallest absolute Gasteiger partial charge is 0.317 e. The molecule has 2 amide bonds. The van der Waals surface area contributed by atoms with Gasteiger partial charge in [-0.15, -0.1) is 0 Å². The number of nitrogens with one attached hydrogen (secondary N) is 1. The van der Waals surface area contributed by atoms with Gasteiger partial charge in [0.15, 0.2) is 0 Å². The molecule has 3 fully saturated rings. The van der Waals surface area contributed by atoms with Crippen molar-refractivity contribution >= 4 is 6.03 Å². The molecule has 0 aromatic heterocycles. The monoisotopic (exact) mass is 266 g/mol. The van der Waals surface area contributed by atoms with Gasteiger partial charge in [-0.05, 0) is 31.6 Å². The Balaban J connectivity index is 1.57. The Hall–Kier alpha value is -0.770. The second kappa shape index (κ2) is 4.65. The lowest BCUT2D eigenvalue weighted by atomic mass is 9.55. The molecule has 3 rings (SSSR count). The van der Waals surface area contributed by atoms with Gasteiger partial charge in [-0.1, -0.05) is 13.8 Å². The van der Waals surface area contributed by atoms with Gasteiger partial charge in [0.2, 0.25) is 0 Å². The van der Waals surface area contributed by atoms with Crippen molar-refractivity contribution in [3.8, 4) is 0 Å². The van der Waals surface area contributed by atoms with Crippen molar-refractivity contribution in [1.29, 1.82) is 0 Å². The molecule has 108 valence electrons. The summed E-state index contributed by atoms with van der Waals surface area (Å²) in [7, 11) is 1.91. The van der Waals surface area contributed by atoms with Crippen LogP contribution >= 0.6 is 0 Å². The predicted octanol–water partition coefficient (Wildman–Crippen LogP) is 2.24. The number of nitrogens with zero attached hydrogens (tertiary/aromatic N) is 1. The van der Waals surface area contributed by atoms with Gasteiger partial charge in [-0.2, -0.15) is 0 Å². The van der Waals surface area contributed by atoms with Gasteiger partial charge >= 0.3 is 6.03 Å². The quantitative estimate of drug-likeness (QED) is 0.851. The van der Waals surface area contributed by atoms with Crippen molar-refractivity contribution in [2.24, 2.45) is 17.3 Å². The van der Waals surface area contributed by atoms with Gasteiger partial charge in [-0.25, -0.2) is 4.79 Å². The zero-order chi connectivity index (χ0) is 13.6. The maximum atomic E-state index is 12.2. The van der Waals surface area contributed by atoms with E-state index in [1.165, 1.54) is 19.3 Å². The molecule has 0 bridgehead atoms. The summed E-state index contributed by atoms with van der Waals surface area (Å²) in [5, 5.41) is 3.25. The van der Waals surface area contributed by atoms with Gasteiger partial charge in [0.1, 0.15) is 0 Å². The standard InChI is InChI=1S/C15H26N2O2/c1-15(2)12(11-5-4-8-19-13(11)15)16-14(18)17(3)9-10-6-7-10/h10-13H,4-9H2,1-3H3,(H,16,18)/t11-,12-,13-/m1/s1. The minimum absolute atomic E-state index is 0.0706. The zero-order valence-electron chi connectivity index (χ0n) is 12.3. The van der Waals surface area contributed by atoms with E-state index in [-0.39, 0.29) is 17.5 Å². The maximum absolute atomic E-state index is 12.2. The molecular weight excluding hydrogens is 240 g/mol. The number of amides is 2. The highest BCUT2D eigenvalue weighted by atomic mass is 16.5. The fourth-order valence-corrected chi connectivity index (χ4v) is 3.83. The Morgan fingerprint density at radius 1 is 1.37 bits per heavy atom. The summed E-state index contributed by atoms with van der Waals surface area (Å²) in [6, 6.07) is 0.362. The van der Waals surface area contributed by atoms with E-state index in [2.05, 4.69) is 19.2 Å². The molecule has 0 aromatic rings. The maximum Gasteiger partial charge on any atom is 0.317 e. The summed E-state index contributed by atoms with van der Waals surface area (Å²) in [6.07, 6.45) is 5.21. The van der Waals surface area contributed by atoms with Crippen LogP contribution in [0.2, 0.25) is 0 Å². The van der Waals surface area contributed by atoms with E-state index in [0.29, 0.717) is 12.0 Å². The van der Waals surface area contributed by atoms with Gasteiger partial charge in [0, 0.05) is 37.6 Å². The molecule has 0 radical (unpaired) electrons. The minimum atomic E-state index is 0.0706. The molecule has 0 spiro atoms. The van der Waals surface area contributed by atoms with Crippen LogP contribution in [0.25, 0.3) is 0 Å². The number of carbonyl (C=O) groups excluding carboxylic acids is 1. The first kappa shape index (κ1) is 13.2. The fraction of sp³-hybridized carbons (Fsp3) is 0.933. The fourth-order valence-electron chi connectivity index (χ4n) is 3.83. The first-order chi connectivity index (χ1) is 9.00. The van der Waals surface area contributed by atoms with Crippen molar-refractivity contribution in [3.63, 3.8) is 0 Å². The van der Waals surface area contributed by atoms with Crippen molar-refractivity contribution in [3.05, 3.63) is 0 Å². The molecule has 4 nitrogen and oxygen atoms in total. The molecule has 3 aliphatic rings. The molecule has 2 saturated carbocycles. The third-order valence-corrected chi connectivity index (χ3v) is 5.19. The van der Waals surface area contributed by atoms with Crippen LogP contribution in [0.3, 0.4) is 0 Å². The molecule has 3 atom stereocenters. The van der Waals surface area contributed by atoms with Crippen LogP contribution in [-0.4, -0.2) is 43.3 Å². The Morgan fingerprint density at radius 2 is 2.11 bits per heavy atom. The molecule has 1 saturated heterocycles. The van der Waals surface area contributed by atoms with Crippen LogP contribution in [0.5, 0.6) is 0 Å². The number of fused-ring (bicyclic) bond motifs is 1. The molecule has 4 heteroatoms. The molecule has 19 heavy (non-hydrogen) atoms. The van der Waals surface area contributed by atoms with Crippen molar-refractivity contribution in [1.82, 2.24) is 10.2 Å². The molecular formula is C15H26N2O2. The highest BCUT2D eigenvalue weighted by Gasteiger charge is 2.58. The number of rotatable bonds is 3.